The van der Waals surface area contributed by atoms with Gasteiger partial charge in [-0.2, -0.15) is 0 Å². The summed E-state index contributed by atoms with van der Waals surface area (Å²) in [5.41, 5.74) is 2.28. The Morgan fingerprint density at radius 1 is 1.20 bits per heavy atom. The third kappa shape index (κ3) is 2.91. The van der Waals surface area contributed by atoms with Crippen molar-refractivity contribution in [3.05, 3.63) is 39.1 Å². The van der Waals surface area contributed by atoms with Crippen LogP contribution in [0.1, 0.15) is 42.7 Å². The molecule has 0 saturated heterocycles. The summed E-state index contributed by atoms with van der Waals surface area (Å²) >= 11 is 3.02. The molecule has 0 amide bonds. The van der Waals surface area contributed by atoms with Crippen LogP contribution in [0.5, 0.6) is 0 Å². The van der Waals surface area contributed by atoms with Gasteiger partial charge in [0.15, 0.2) is 16.6 Å². The summed E-state index contributed by atoms with van der Waals surface area (Å²) in [7, 11) is 0. The molecule has 0 aliphatic heterocycles. The number of fused-ring (bicyclic) bond motifs is 2. The number of thiophene rings is 1. The number of aromatic nitrogens is 3. The molecule has 128 valence electrons. The van der Waals surface area contributed by atoms with E-state index in [1.165, 1.54) is 23.1 Å². The third-order valence-electron chi connectivity index (χ3n) is 4.12. The molecule has 0 unspecified atom stereocenters. The number of nitrogens with one attached hydrogen (secondary N) is 1. The Kier molecular flexibility index (Phi) is 4.21. The Bertz CT molecular complexity index is 1020. The highest BCUT2D eigenvalue weighted by Gasteiger charge is 2.27. The Balaban J connectivity index is 2.09. The SMILES string of the molecule is CC(C)Sc1nc2nc3c(c(-c4cccs4)c2c(=O)[nH]1)C(=O)CCC3. The number of pyridine rings is 1. The fraction of sp³-hybridized carbons (Fsp3) is 0.333. The lowest BCUT2D eigenvalue weighted by Gasteiger charge is -2.18. The van der Waals surface area contributed by atoms with Crippen LogP contribution in [0.4, 0.5) is 0 Å². The minimum absolute atomic E-state index is 0.0686. The quantitative estimate of drug-likeness (QED) is 0.555. The number of nitrogens with zero attached hydrogens (tertiary/aromatic N) is 2. The summed E-state index contributed by atoms with van der Waals surface area (Å²) in [6, 6.07) is 3.87. The zero-order chi connectivity index (χ0) is 17.6. The first-order valence-corrected chi connectivity index (χ1v) is 10.0. The molecule has 0 saturated carbocycles. The first kappa shape index (κ1) is 16.5. The maximum atomic E-state index is 12.8. The van der Waals surface area contributed by atoms with Gasteiger partial charge >= 0.3 is 0 Å². The lowest BCUT2D eigenvalue weighted by molar-refractivity contribution is 0.0972. The summed E-state index contributed by atoms with van der Waals surface area (Å²) < 4.78 is 0. The van der Waals surface area contributed by atoms with E-state index in [1.807, 2.05) is 31.4 Å². The van der Waals surface area contributed by atoms with Gasteiger partial charge in [0.25, 0.3) is 5.56 Å². The van der Waals surface area contributed by atoms with Crippen molar-refractivity contribution < 1.29 is 4.79 Å². The maximum Gasteiger partial charge on any atom is 0.261 e. The van der Waals surface area contributed by atoms with E-state index >= 15 is 0 Å². The topological polar surface area (TPSA) is 75.7 Å². The van der Waals surface area contributed by atoms with Gasteiger partial charge < -0.3 is 4.98 Å². The molecule has 0 spiro atoms. The average molecular weight is 371 g/mol. The number of aryl methyl sites for hydroxylation is 1. The fourth-order valence-corrected chi connectivity index (χ4v) is 4.69. The van der Waals surface area contributed by atoms with Crippen molar-refractivity contribution >= 4 is 39.9 Å². The van der Waals surface area contributed by atoms with Crippen LogP contribution >= 0.6 is 23.1 Å². The lowest BCUT2D eigenvalue weighted by atomic mass is 9.89. The standard InChI is InChI=1S/C18H17N3O2S2/c1-9(2)25-18-20-16-15(17(23)21-18)14(12-7-4-8-24-12)13-10(19-16)5-3-6-11(13)22/h4,7-9H,3,5-6H2,1-2H3,(H,19,20,21,23). The molecule has 0 atom stereocenters. The highest BCUT2D eigenvalue weighted by atomic mass is 32.2. The number of hydrogen-bond donors (Lipinski definition) is 1. The van der Waals surface area contributed by atoms with Gasteiger partial charge in [-0.25, -0.2) is 9.97 Å². The highest BCUT2D eigenvalue weighted by Crippen LogP contribution is 2.37. The van der Waals surface area contributed by atoms with Gasteiger partial charge in [0.1, 0.15) is 0 Å². The Hall–Kier alpha value is -1.99. The van der Waals surface area contributed by atoms with Gasteiger partial charge in [-0.15, -0.1) is 11.3 Å². The van der Waals surface area contributed by atoms with Crippen molar-refractivity contribution in [2.45, 2.75) is 43.5 Å². The van der Waals surface area contributed by atoms with E-state index in [1.54, 1.807) is 0 Å². The van der Waals surface area contributed by atoms with Gasteiger partial charge in [0, 0.05) is 27.7 Å². The molecule has 0 bridgehead atoms. The number of thioether (sulfide) groups is 1. The van der Waals surface area contributed by atoms with Gasteiger partial charge in [0.05, 0.1) is 11.1 Å². The number of Topliss-reactive ketones (excluding diaryl/α,β-unsaturated/α-hetero) is 1. The van der Waals surface area contributed by atoms with Crippen LogP contribution in [0.3, 0.4) is 0 Å². The van der Waals surface area contributed by atoms with E-state index in [0.717, 1.165) is 23.4 Å². The largest absolute Gasteiger partial charge is 0.301 e. The minimum Gasteiger partial charge on any atom is -0.301 e. The number of rotatable bonds is 3. The molecule has 3 aromatic heterocycles. The van der Waals surface area contributed by atoms with Crippen molar-refractivity contribution in [1.82, 2.24) is 15.0 Å². The molecule has 5 nitrogen and oxygen atoms in total. The molecule has 0 aromatic carbocycles. The monoisotopic (exact) mass is 371 g/mol. The third-order valence-corrected chi connectivity index (χ3v) is 5.89. The van der Waals surface area contributed by atoms with Gasteiger partial charge in [0.2, 0.25) is 0 Å². The number of ketones is 1. The molecular formula is C18H17N3O2S2. The summed E-state index contributed by atoms with van der Waals surface area (Å²) in [5.74, 6) is 0.0686. The summed E-state index contributed by atoms with van der Waals surface area (Å²) in [6.45, 7) is 4.09. The van der Waals surface area contributed by atoms with Gasteiger partial charge in [-0.05, 0) is 24.3 Å². The van der Waals surface area contributed by atoms with Crippen molar-refractivity contribution in [3.63, 3.8) is 0 Å². The Labute approximate surface area is 152 Å². The second kappa shape index (κ2) is 6.38. The van der Waals surface area contributed by atoms with Crippen molar-refractivity contribution in [2.75, 3.05) is 0 Å². The zero-order valence-corrected chi connectivity index (χ0v) is 15.6. The number of aromatic amines is 1. The van der Waals surface area contributed by atoms with Crippen LogP contribution in [0.25, 0.3) is 21.5 Å². The molecule has 1 N–H and O–H groups in total. The van der Waals surface area contributed by atoms with E-state index in [2.05, 4.69) is 15.0 Å². The van der Waals surface area contributed by atoms with Gasteiger partial charge in [-0.1, -0.05) is 31.7 Å². The van der Waals surface area contributed by atoms with Crippen molar-refractivity contribution in [1.29, 1.82) is 0 Å². The summed E-state index contributed by atoms with van der Waals surface area (Å²) in [5, 5.41) is 3.24. The molecule has 4 rings (SSSR count). The van der Waals surface area contributed by atoms with E-state index < -0.39 is 0 Å². The normalized spacial score (nSPS) is 14.3. The van der Waals surface area contributed by atoms with Crippen LogP contribution in [0, 0.1) is 0 Å². The van der Waals surface area contributed by atoms with Crippen molar-refractivity contribution in [3.8, 4) is 10.4 Å². The van der Waals surface area contributed by atoms with E-state index in [4.69, 9.17) is 0 Å². The first-order valence-electron chi connectivity index (χ1n) is 8.25. The van der Waals surface area contributed by atoms with Crippen LogP contribution in [0.15, 0.2) is 27.5 Å². The summed E-state index contributed by atoms with van der Waals surface area (Å²) in [4.78, 5) is 38.4. The Morgan fingerprint density at radius 2 is 2.04 bits per heavy atom. The van der Waals surface area contributed by atoms with E-state index in [9.17, 15) is 9.59 Å². The maximum absolute atomic E-state index is 12.8. The molecule has 1 aliphatic carbocycles. The molecule has 3 heterocycles. The number of hydrogen-bond acceptors (Lipinski definition) is 6. The molecule has 25 heavy (non-hydrogen) atoms. The van der Waals surface area contributed by atoms with Crippen molar-refractivity contribution in [2.24, 2.45) is 0 Å². The van der Waals surface area contributed by atoms with E-state index in [0.29, 0.717) is 39.0 Å². The number of carbonyl (C=O) groups is 1. The minimum atomic E-state index is -0.231. The Morgan fingerprint density at radius 3 is 2.76 bits per heavy atom. The zero-order valence-electron chi connectivity index (χ0n) is 14.0. The molecule has 7 heteroatoms. The van der Waals surface area contributed by atoms with Crippen LogP contribution in [0.2, 0.25) is 0 Å². The molecule has 1 aliphatic rings. The highest BCUT2D eigenvalue weighted by molar-refractivity contribution is 7.99. The summed E-state index contributed by atoms with van der Waals surface area (Å²) in [6.07, 6.45) is 2.05. The van der Waals surface area contributed by atoms with Crippen LogP contribution < -0.4 is 5.56 Å². The molecular weight excluding hydrogens is 354 g/mol. The fourth-order valence-electron chi connectivity index (χ4n) is 3.17. The number of carbonyl (C=O) groups excluding carboxylic acids is 1. The van der Waals surface area contributed by atoms with Crippen LogP contribution in [-0.4, -0.2) is 26.0 Å². The number of H-pyrrole nitrogens is 1. The predicted octanol–water partition coefficient (Wildman–Crippen LogP) is 4.07. The lowest BCUT2D eigenvalue weighted by Crippen LogP contribution is -2.19. The second-order valence-corrected chi connectivity index (χ2v) is 8.81. The van der Waals surface area contributed by atoms with Crippen LogP contribution in [-0.2, 0) is 6.42 Å². The first-order chi connectivity index (χ1) is 12.0. The average Bonchev–Trinajstić information content (AvgIpc) is 3.06. The smallest absolute Gasteiger partial charge is 0.261 e. The second-order valence-electron chi connectivity index (χ2n) is 6.30. The molecule has 0 fully saturated rings. The molecule has 0 radical (unpaired) electrons. The van der Waals surface area contributed by atoms with E-state index in [-0.39, 0.29) is 11.3 Å². The molecule has 3 aromatic rings. The predicted molar refractivity (Wildman–Crippen MR) is 102 cm³/mol. The van der Waals surface area contributed by atoms with Gasteiger partial charge in [-0.3, -0.25) is 9.59 Å².